The molecule has 0 aliphatic heterocycles. The maximum atomic E-state index is 12.8. The van der Waals surface area contributed by atoms with E-state index in [-0.39, 0.29) is 17.1 Å². The zero-order valence-electron chi connectivity index (χ0n) is 13.8. The number of carbonyl (C=O) groups excluding carboxylic acids is 1. The first-order valence-corrected chi connectivity index (χ1v) is 7.90. The van der Waals surface area contributed by atoms with Gasteiger partial charge in [0.2, 0.25) is 5.95 Å². The first-order valence-electron chi connectivity index (χ1n) is 7.90. The Balaban J connectivity index is 1.97. The lowest BCUT2D eigenvalue weighted by Gasteiger charge is -2.17. The van der Waals surface area contributed by atoms with E-state index in [0.29, 0.717) is 11.8 Å². The van der Waals surface area contributed by atoms with E-state index in [1.807, 2.05) is 0 Å². The van der Waals surface area contributed by atoms with Crippen LogP contribution in [0.25, 0.3) is 0 Å². The van der Waals surface area contributed by atoms with Gasteiger partial charge in [-0.2, -0.15) is 0 Å². The molecule has 1 aliphatic carbocycles. The highest BCUT2D eigenvalue weighted by Crippen LogP contribution is 2.37. The van der Waals surface area contributed by atoms with Crippen molar-refractivity contribution in [2.75, 3.05) is 5.32 Å². The van der Waals surface area contributed by atoms with Crippen LogP contribution in [0.5, 0.6) is 0 Å². The number of nitrogens with zero attached hydrogens (tertiary/aromatic N) is 3. The van der Waals surface area contributed by atoms with Crippen LogP contribution in [-0.4, -0.2) is 20.4 Å². The molecular formula is C17H19FN4O2. The van der Waals surface area contributed by atoms with Gasteiger partial charge in [0.1, 0.15) is 5.56 Å². The van der Waals surface area contributed by atoms with E-state index >= 15 is 0 Å². The molecule has 2 aromatic rings. The van der Waals surface area contributed by atoms with Gasteiger partial charge in [-0.3, -0.25) is 14.9 Å². The summed E-state index contributed by atoms with van der Waals surface area (Å²) in [6.07, 6.45) is 3.73. The zero-order valence-corrected chi connectivity index (χ0v) is 13.8. The Morgan fingerprint density at radius 3 is 2.67 bits per heavy atom. The molecule has 2 aromatic heterocycles. The summed E-state index contributed by atoms with van der Waals surface area (Å²) in [6, 6.07) is 1.69. The second-order valence-electron chi connectivity index (χ2n) is 6.39. The third kappa shape index (κ3) is 2.81. The maximum absolute atomic E-state index is 12.8. The second-order valence-corrected chi connectivity index (χ2v) is 6.39. The predicted molar refractivity (Wildman–Crippen MR) is 87.5 cm³/mol. The molecule has 1 amide bonds. The largest absolute Gasteiger partial charge is 0.315 e. The molecule has 0 spiro atoms. The third-order valence-electron chi connectivity index (χ3n) is 4.56. The van der Waals surface area contributed by atoms with E-state index in [9.17, 15) is 14.0 Å². The lowest BCUT2D eigenvalue weighted by Crippen LogP contribution is -2.30. The van der Waals surface area contributed by atoms with Crippen molar-refractivity contribution in [3.05, 3.63) is 51.5 Å². The van der Waals surface area contributed by atoms with Crippen molar-refractivity contribution in [2.45, 2.75) is 32.6 Å². The topological polar surface area (TPSA) is 76.9 Å². The van der Waals surface area contributed by atoms with Crippen molar-refractivity contribution in [2.24, 2.45) is 13.0 Å². The van der Waals surface area contributed by atoms with Gasteiger partial charge in [0, 0.05) is 12.7 Å². The van der Waals surface area contributed by atoms with Crippen molar-refractivity contribution in [3.63, 3.8) is 0 Å². The van der Waals surface area contributed by atoms with Crippen LogP contribution in [0.4, 0.5) is 10.3 Å². The molecule has 0 saturated heterocycles. The normalized spacial score (nSPS) is 16.3. The standard InChI is InChI=1S/C17H19FN4O2/c1-9(2)11-4-5-14-12(11)6-13(16(24)22(14)3)15(23)21-17-19-7-10(18)8-20-17/h6-9,11H,4-5H2,1-3H3,(H,19,20,21,23)/t11-/m1/s1. The average molecular weight is 330 g/mol. The molecule has 6 nitrogen and oxygen atoms in total. The molecular weight excluding hydrogens is 311 g/mol. The summed E-state index contributed by atoms with van der Waals surface area (Å²) in [7, 11) is 1.69. The first-order chi connectivity index (χ1) is 11.4. The Bertz CT molecular complexity index is 843. The first kappa shape index (κ1) is 16.3. The second kappa shape index (κ2) is 6.14. The Kier molecular flexibility index (Phi) is 4.17. The predicted octanol–water partition coefficient (Wildman–Crippen LogP) is 2.25. The number of hydrogen-bond donors (Lipinski definition) is 1. The van der Waals surface area contributed by atoms with Crippen molar-refractivity contribution in [1.82, 2.24) is 14.5 Å². The third-order valence-corrected chi connectivity index (χ3v) is 4.56. The lowest BCUT2D eigenvalue weighted by molar-refractivity contribution is 0.102. The van der Waals surface area contributed by atoms with Crippen LogP contribution in [0.1, 0.15) is 47.8 Å². The van der Waals surface area contributed by atoms with Crippen LogP contribution >= 0.6 is 0 Å². The van der Waals surface area contributed by atoms with E-state index in [4.69, 9.17) is 0 Å². The molecule has 0 saturated carbocycles. The molecule has 24 heavy (non-hydrogen) atoms. The van der Waals surface area contributed by atoms with E-state index in [1.165, 1.54) is 0 Å². The van der Waals surface area contributed by atoms with Crippen molar-refractivity contribution < 1.29 is 9.18 Å². The molecule has 0 aromatic carbocycles. The highest BCUT2D eigenvalue weighted by Gasteiger charge is 2.29. The summed E-state index contributed by atoms with van der Waals surface area (Å²) in [5, 5.41) is 2.45. The quantitative estimate of drug-likeness (QED) is 0.936. The minimum atomic E-state index is -0.596. The number of halogens is 1. The van der Waals surface area contributed by atoms with Gasteiger partial charge in [0.25, 0.3) is 11.5 Å². The van der Waals surface area contributed by atoms with Gasteiger partial charge in [0.05, 0.1) is 12.4 Å². The van der Waals surface area contributed by atoms with Gasteiger partial charge >= 0.3 is 0 Å². The van der Waals surface area contributed by atoms with Crippen LogP contribution in [0.2, 0.25) is 0 Å². The monoisotopic (exact) mass is 330 g/mol. The molecule has 1 aliphatic rings. The van der Waals surface area contributed by atoms with Gasteiger partial charge in [-0.1, -0.05) is 13.8 Å². The van der Waals surface area contributed by atoms with Crippen LogP contribution < -0.4 is 10.9 Å². The number of nitrogens with one attached hydrogen (secondary N) is 1. The molecule has 0 unspecified atom stereocenters. The fourth-order valence-corrected chi connectivity index (χ4v) is 3.28. The molecule has 3 rings (SSSR count). The number of carbonyl (C=O) groups is 1. The summed E-state index contributed by atoms with van der Waals surface area (Å²) < 4.78 is 14.4. The number of anilines is 1. The Labute approximate surface area is 138 Å². The number of amides is 1. The summed E-state index contributed by atoms with van der Waals surface area (Å²) >= 11 is 0. The fraction of sp³-hybridized carbons (Fsp3) is 0.412. The summed E-state index contributed by atoms with van der Waals surface area (Å²) in [4.78, 5) is 32.3. The van der Waals surface area contributed by atoms with Gasteiger partial charge in [-0.25, -0.2) is 14.4 Å². The average Bonchev–Trinajstić information content (AvgIpc) is 2.97. The number of rotatable bonds is 3. The molecule has 126 valence electrons. The van der Waals surface area contributed by atoms with Crippen LogP contribution in [0.3, 0.4) is 0 Å². The number of pyridine rings is 1. The minimum absolute atomic E-state index is 0.0376. The molecule has 2 heterocycles. The Hall–Kier alpha value is -2.57. The van der Waals surface area contributed by atoms with Gasteiger partial charge in [0.15, 0.2) is 5.82 Å². The van der Waals surface area contributed by atoms with E-state index in [1.54, 1.807) is 17.7 Å². The van der Waals surface area contributed by atoms with E-state index in [2.05, 4.69) is 29.1 Å². The van der Waals surface area contributed by atoms with E-state index in [0.717, 1.165) is 36.5 Å². The summed E-state index contributed by atoms with van der Waals surface area (Å²) in [5.41, 5.74) is 1.75. The molecule has 0 fully saturated rings. The van der Waals surface area contributed by atoms with Crippen LogP contribution in [0.15, 0.2) is 23.3 Å². The van der Waals surface area contributed by atoms with Crippen molar-refractivity contribution in [1.29, 1.82) is 0 Å². The van der Waals surface area contributed by atoms with Crippen molar-refractivity contribution in [3.8, 4) is 0 Å². The fourth-order valence-electron chi connectivity index (χ4n) is 3.28. The SMILES string of the molecule is CC(C)[C@H]1CCc2c1cc(C(=O)Nc1ncc(F)cn1)c(=O)n2C. The van der Waals surface area contributed by atoms with Crippen molar-refractivity contribution >= 4 is 11.9 Å². The highest BCUT2D eigenvalue weighted by atomic mass is 19.1. The summed E-state index contributed by atoms with van der Waals surface area (Å²) in [6.45, 7) is 4.27. The van der Waals surface area contributed by atoms with Crippen LogP contribution in [-0.2, 0) is 13.5 Å². The lowest BCUT2D eigenvalue weighted by atomic mass is 9.90. The molecule has 7 heteroatoms. The number of fused-ring (bicyclic) bond motifs is 1. The minimum Gasteiger partial charge on any atom is -0.315 e. The Morgan fingerprint density at radius 1 is 1.38 bits per heavy atom. The highest BCUT2D eigenvalue weighted by molar-refractivity contribution is 6.03. The number of hydrogen-bond acceptors (Lipinski definition) is 4. The molecule has 1 N–H and O–H groups in total. The summed E-state index contributed by atoms with van der Waals surface area (Å²) in [5.74, 6) is -0.453. The van der Waals surface area contributed by atoms with Gasteiger partial charge < -0.3 is 4.57 Å². The number of aromatic nitrogens is 3. The van der Waals surface area contributed by atoms with E-state index < -0.39 is 11.7 Å². The Morgan fingerprint density at radius 2 is 2.04 bits per heavy atom. The molecule has 1 atom stereocenters. The van der Waals surface area contributed by atoms with Gasteiger partial charge in [-0.15, -0.1) is 0 Å². The molecule has 0 radical (unpaired) electrons. The molecule has 0 bridgehead atoms. The maximum Gasteiger partial charge on any atom is 0.263 e. The smallest absolute Gasteiger partial charge is 0.263 e. The van der Waals surface area contributed by atoms with Crippen LogP contribution in [0, 0.1) is 11.7 Å². The zero-order chi connectivity index (χ0) is 17.4. The van der Waals surface area contributed by atoms with Gasteiger partial charge in [-0.05, 0) is 36.3 Å².